The van der Waals surface area contributed by atoms with E-state index >= 15 is 0 Å². The van der Waals surface area contributed by atoms with E-state index < -0.39 is 0 Å². The van der Waals surface area contributed by atoms with Crippen molar-refractivity contribution in [3.05, 3.63) is 40.6 Å². The first-order valence-corrected chi connectivity index (χ1v) is 10.9. The van der Waals surface area contributed by atoms with Gasteiger partial charge in [-0.3, -0.25) is 4.90 Å². The molecule has 1 N–H and O–H groups in total. The molecule has 2 aliphatic heterocycles. The van der Waals surface area contributed by atoms with Crippen LogP contribution in [0.1, 0.15) is 26.2 Å². The fraction of sp³-hybridized carbons (Fsp3) is 0.619. The molecule has 0 aliphatic carbocycles. The molecule has 2 heterocycles. The number of rotatable bonds is 7. The van der Waals surface area contributed by atoms with Crippen LogP contribution in [0.15, 0.2) is 30.6 Å². The molecule has 2 fully saturated rings. The van der Waals surface area contributed by atoms with Gasteiger partial charge in [-0.2, -0.15) is 0 Å². The van der Waals surface area contributed by atoms with E-state index in [1.165, 1.54) is 45.4 Å². The third-order valence-electron chi connectivity index (χ3n) is 5.62. The largest absolute Gasteiger partial charge is 0.356 e. The quantitative estimate of drug-likeness (QED) is 0.707. The van der Waals surface area contributed by atoms with E-state index in [4.69, 9.17) is 23.2 Å². The van der Waals surface area contributed by atoms with Gasteiger partial charge < -0.3 is 15.1 Å². The smallest absolute Gasteiger partial charge is 0.0984 e. The minimum Gasteiger partial charge on any atom is -0.356 e. The fourth-order valence-electron chi connectivity index (χ4n) is 4.20. The van der Waals surface area contributed by atoms with Crippen LogP contribution in [0.25, 0.3) is 0 Å². The molecule has 150 valence electrons. The van der Waals surface area contributed by atoms with E-state index in [0.717, 1.165) is 43.6 Å². The van der Waals surface area contributed by atoms with Gasteiger partial charge in [-0.1, -0.05) is 36.7 Å². The molecule has 3 rings (SSSR count). The van der Waals surface area contributed by atoms with E-state index in [9.17, 15) is 0 Å². The first kappa shape index (κ1) is 20.8. The molecule has 0 radical (unpaired) electrons. The second kappa shape index (κ2) is 10.0. The highest BCUT2D eigenvalue weighted by Crippen LogP contribution is 2.26. The standard InChI is InChI=1S/C21H32Cl2N4/c1-3-8-25-9-4-5-18(15-25)16-26-10-12-27(13-11-26)17(2)24-19-6-7-20(22)21(23)14-19/h6-7,14,18,24H,2-5,8-13,15-16H2,1H3/t18-/m1/s1. The maximum absolute atomic E-state index is 6.10. The summed E-state index contributed by atoms with van der Waals surface area (Å²) in [6.07, 6.45) is 4.00. The molecule has 0 saturated carbocycles. The summed E-state index contributed by atoms with van der Waals surface area (Å²) in [4.78, 5) is 7.60. The number of anilines is 1. The summed E-state index contributed by atoms with van der Waals surface area (Å²) >= 11 is 12.1. The molecule has 0 unspecified atom stereocenters. The lowest BCUT2D eigenvalue weighted by Gasteiger charge is -2.40. The van der Waals surface area contributed by atoms with Crippen molar-refractivity contribution in [2.24, 2.45) is 5.92 Å². The topological polar surface area (TPSA) is 21.8 Å². The van der Waals surface area contributed by atoms with Gasteiger partial charge in [0, 0.05) is 45.0 Å². The number of hydrogen-bond acceptors (Lipinski definition) is 4. The number of hydrogen-bond donors (Lipinski definition) is 1. The number of piperazine rings is 1. The number of halogens is 2. The monoisotopic (exact) mass is 410 g/mol. The van der Waals surface area contributed by atoms with Gasteiger partial charge in [0.15, 0.2) is 0 Å². The predicted molar refractivity (Wildman–Crippen MR) is 117 cm³/mol. The molecule has 27 heavy (non-hydrogen) atoms. The Morgan fingerprint density at radius 1 is 1.11 bits per heavy atom. The van der Waals surface area contributed by atoms with E-state index in [1.54, 1.807) is 0 Å². The van der Waals surface area contributed by atoms with Crippen LogP contribution >= 0.6 is 23.2 Å². The van der Waals surface area contributed by atoms with E-state index in [2.05, 4.69) is 33.5 Å². The van der Waals surface area contributed by atoms with Gasteiger partial charge in [-0.15, -0.1) is 0 Å². The van der Waals surface area contributed by atoms with Gasteiger partial charge in [0.25, 0.3) is 0 Å². The highest BCUT2D eigenvalue weighted by Gasteiger charge is 2.24. The number of nitrogens with zero attached hydrogens (tertiary/aromatic N) is 3. The van der Waals surface area contributed by atoms with Gasteiger partial charge >= 0.3 is 0 Å². The number of piperidine rings is 1. The summed E-state index contributed by atoms with van der Waals surface area (Å²) in [6.45, 7) is 15.8. The van der Waals surface area contributed by atoms with Gasteiger partial charge in [0.2, 0.25) is 0 Å². The van der Waals surface area contributed by atoms with Crippen LogP contribution in [-0.4, -0.2) is 67.1 Å². The maximum atomic E-state index is 6.10. The Bertz CT molecular complexity index is 627. The minimum atomic E-state index is 0.559. The summed E-state index contributed by atoms with van der Waals surface area (Å²) in [5.74, 6) is 1.76. The molecule has 0 aromatic heterocycles. The molecule has 1 aromatic rings. The van der Waals surface area contributed by atoms with Crippen molar-refractivity contribution in [1.82, 2.24) is 14.7 Å². The highest BCUT2D eigenvalue weighted by atomic mass is 35.5. The lowest BCUT2D eigenvalue weighted by molar-refractivity contribution is 0.102. The first-order valence-electron chi connectivity index (χ1n) is 10.2. The Balaban J connectivity index is 1.43. The summed E-state index contributed by atoms with van der Waals surface area (Å²) in [5.41, 5.74) is 0.926. The van der Waals surface area contributed by atoms with Gasteiger partial charge in [-0.05, 0) is 56.5 Å². The van der Waals surface area contributed by atoms with Crippen molar-refractivity contribution in [3.63, 3.8) is 0 Å². The van der Waals surface area contributed by atoms with Crippen molar-refractivity contribution in [2.75, 3.05) is 57.7 Å². The predicted octanol–water partition coefficient (Wildman–Crippen LogP) is 4.62. The minimum absolute atomic E-state index is 0.559. The lowest BCUT2D eigenvalue weighted by Crippen LogP contribution is -2.49. The highest BCUT2D eigenvalue weighted by molar-refractivity contribution is 6.42. The van der Waals surface area contributed by atoms with Crippen molar-refractivity contribution >= 4 is 28.9 Å². The van der Waals surface area contributed by atoms with Crippen LogP contribution in [-0.2, 0) is 0 Å². The molecule has 1 aromatic carbocycles. The van der Waals surface area contributed by atoms with Crippen molar-refractivity contribution < 1.29 is 0 Å². The Labute approximate surface area is 174 Å². The SMILES string of the molecule is C=C(Nc1ccc(Cl)c(Cl)c1)N1CCN(C[C@@H]2CCCN(CCC)C2)CC1. The zero-order chi connectivity index (χ0) is 19.2. The van der Waals surface area contributed by atoms with Gasteiger partial charge in [0.05, 0.1) is 15.9 Å². The number of nitrogens with one attached hydrogen (secondary N) is 1. The Kier molecular flexibility index (Phi) is 7.71. The molecule has 0 amide bonds. The molecule has 0 spiro atoms. The third kappa shape index (κ3) is 6.02. The van der Waals surface area contributed by atoms with Crippen LogP contribution in [0.2, 0.25) is 10.0 Å². The zero-order valence-electron chi connectivity index (χ0n) is 16.4. The molecule has 6 heteroatoms. The zero-order valence-corrected chi connectivity index (χ0v) is 17.9. The molecular weight excluding hydrogens is 379 g/mol. The second-order valence-electron chi connectivity index (χ2n) is 7.80. The Morgan fingerprint density at radius 2 is 1.89 bits per heavy atom. The van der Waals surface area contributed by atoms with E-state index in [-0.39, 0.29) is 0 Å². The first-order chi connectivity index (χ1) is 13.0. The second-order valence-corrected chi connectivity index (χ2v) is 8.61. The summed E-state index contributed by atoms with van der Waals surface area (Å²) in [5, 5.41) is 4.49. The van der Waals surface area contributed by atoms with Crippen LogP contribution in [0, 0.1) is 5.92 Å². The molecule has 1 atom stereocenters. The average Bonchev–Trinajstić information content (AvgIpc) is 2.66. The number of benzene rings is 1. The van der Waals surface area contributed by atoms with Crippen molar-refractivity contribution in [2.45, 2.75) is 26.2 Å². The molecule has 2 saturated heterocycles. The normalized spacial score (nSPS) is 22.0. The summed E-state index contributed by atoms with van der Waals surface area (Å²) in [6, 6.07) is 5.58. The van der Waals surface area contributed by atoms with Crippen molar-refractivity contribution in [3.8, 4) is 0 Å². The third-order valence-corrected chi connectivity index (χ3v) is 6.36. The number of likely N-dealkylation sites (tertiary alicyclic amines) is 1. The summed E-state index contributed by atoms with van der Waals surface area (Å²) in [7, 11) is 0. The molecule has 0 bridgehead atoms. The van der Waals surface area contributed by atoms with Gasteiger partial charge in [-0.25, -0.2) is 0 Å². The average molecular weight is 411 g/mol. The van der Waals surface area contributed by atoms with Crippen molar-refractivity contribution in [1.29, 1.82) is 0 Å². The molecular formula is C21H32Cl2N4. The van der Waals surface area contributed by atoms with E-state index in [0.29, 0.717) is 10.0 Å². The summed E-state index contributed by atoms with van der Waals surface area (Å²) < 4.78 is 0. The van der Waals surface area contributed by atoms with Gasteiger partial charge in [0.1, 0.15) is 0 Å². The fourth-order valence-corrected chi connectivity index (χ4v) is 4.50. The van der Waals surface area contributed by atoms with Crippen LogP contribution in [0.5, 0.6) is 0 Å². The van der Waals surface area contributed by atoms with Crippen LogP contribution in [0.3, 0.4) is 0 Å². The lowest BCUT2D eigenvalue weighted by atomic mass is 9.97. The molecule has 2 aliphatic rings. The Morgan fingerprint density at radius 3 is 2.59 bits per heavy atom. The maximum Gasteiger partial charge on any atom is 0.0984 e. The van der Waals surface area contributed by atoms with Crippen LogP contribution < -0.4 is 5.32 Å². The van der Waals surface area contributed by atoms with Crippen LogP contribution in [0.4, 0.5) is 5.69 Å². The molecule has 4 nitrogen and oxygen atoms in total. The van der Waals surface area contributed by atoms with E-state index in [1.807, 2.05) is 18.2 Å². The Hall–Kier alpha value is -0.940.